The topological polar surface area (TPSA) is 34.1 Å². The summed E-state index contributed by atoms with van der Waals surface area (Å²) in [6, 6.07) is 0. The van der Waals surface area contributed by atoms with Crippen molar-refractivity contribution in [3.8, 4) is 0 Å². The van der Waals surface area contributed by atoms with Crippen LogP contribution < -0.4 is 0 Å². The van der Waals surface area contributed by atoms with Crippen LogP contribution in [-0.2, 0) is 11.6 Å². The Balaban J connectivity index is 0.000000213. The zero-order valence-electron chi connectivity index (χ0n) is 7.66. The van der Waals surface area contributed by atoms with Crippen LogP contribution in [0.3, 0.4) is 0 Å². The van der Waals surface area contributed by atoms with Crippen molar-refractivity contribution in [1.29, 1.82) is 0 Å². The molecule has 4 atom stereocenters. The molecular weight excluding hydrogens is 172 g/mol. The van der Waals surface area contributed by atoms with Gasteiger partial charge in [-0.05, 0) is 42.9 Å². The molecule has 4 unspecified atom stereocenters. The second-order valence-corrected chi connectivity index (χ2v) is 4.39. The average Bonchev–Trinajstić information content (AvgIpc) is 2.48. The Kier molecular flexibility index (Phi) is 3.44. The number of hydrogen-bond donors (Lipinski definition) is 0. The average molecular weight is 188 g/mol. The van der Waals surface area contributed by atoms with Gasteiger partial charge in [-0.2, -0.15) is 8.42 Å². The van der Waals surface area contributed by atoms with Gasteiger partial charge >= 0.3 is 11.6 Å². The normalized spacial score (nSPS) is 43.5. The molecule has 2 aliphatic carbocycles. The minimum Gasteiger partial charge on any atom is -0.168 e. The van der Waals surface area contributed by atoms with Gasteiger partial charge in [0.25, 0.3) is 0 Å². The lowest BCUT2D eigenvalue weighted by Gasteiger charge is -2.21. The first kappa shape index (κ1) is 9.90. The summed E-state index contributed by atoms with van der Waals surface area (Å²) in [5.41, 5.74) is 0. The highest BCUT2D eigenvalue weighted by Gasteiger charge is 2.41. The quantitative estimate of drug-likeness (QED) is 0.583. The van der Waals surface area contributed by atoms with Crippen LogP contribution in [0.15, 0.2) is 0 Å². The van der Waals surface area contributed by atoms with E-state index in [1.165, 1.54) is 12.8 Å². The Bertz CT molecular complexity index is 169. The maximum Gasteiger partial charge on any atom is 0.335 e. The number of fused-ring (bicyclic) bond motifs is 2. The minimum atomic E-state index is -0.750. The van der Waals surface area contributed by atoms with Gasteiger partial charge in [0, 0.05) is 0 Å². The zero-order valence-corrected chi connectivity index (χ0v) is 8.47. The largest absolute Gasteiger partial charge is 0.335 e. The monoisotopic (exact) mass is 188 g/mol. The molecule has 2 nitrogen and oxygen atoms in total. The molecule has 2 rings (SSSR count). The number of rotatable bonds is 0. The summed E-state index contributed by atoms with van der Waals surface area (Å²) in [7, 11) is 0. The molecule has 70 valence electrons. The van der Waals surface area contributed by atoms with Gasteiger partial charge in [-0.15, -0.1) is 0 Å². The van der Waals surface area contributed by atoms with Crippen LogP contribution in [0, 0.1) is 23.7 Å². The Labute approximate surface area is 77.3 Å². The molecule has 0 aromatic carbocycles. The standard InChI is InChI=1S/C9H16.O2S/c1-6-3-9-5-8(6)4-7(9)2;1-3-2/h6-9H,3-5H2,1-2H3;. The van der Waals surface area contributed by atoms with Gasteiger partial charge in [0.15, 0.2) is 0 Å². The van der Waals surface area contributed by atoms with Crippen molar-refractivity contribution in [2.75, 3.05) is 0 Å². The predicted octanol–water partition coefficient (Wildman–Crippen LogP) is 2.02. The molecule has 0 spiro atoms. The van der Waals surface area contributed by atoms with Gasteiger partial charge in [-0.3, -0.25) is 0 Å². The van der Waals surface area contributed by atoms with E-state index in [1.54, 1.807) is 6.42 Å². The van der Waals surface area contributed by atoms with Crippen molar-refractivity contribution in [2.45, 2.75) is 33.1 Å². The van der Waals surface area contributed by atoms with E-state index in [0.717, 1.165) is 23.7 Å². The van der Waals surface area contributed by atoms with E-state index in [9.17, 15) is 0 Å². The maximum atomic E-state index is 8.29. The molecule has 2 bridgehead atoms. The summed E-state index contributed by atoms with van der Waals surface area (Å²) in [6.45, 7) is 4.85. The molecule has 12 heavy (non-hydrogen) atoms. The molecule has 0 N–H and O–H groups in total. The van der Waals surface area contributed by atoms with E-state index in [2.05, 4.69) is 13.8 Å². The first-order chi connectivity index (χ1) is 5.69. The summed E-state index contributed by atoms with van der Waals surface area (Å²) < 4.78 is 16.6. The van der Waals surface area contributed by atoms with Crippen molar-refractivity contribution in [3.63, 3.8) is 0 Å². The molecule has 0 saturated heterocycles. The third-order valence-electron chi connectivity index (χ3n) is 3.56. The van der Waals surface area contributed by atoms with Crippen LogP contribution in [0.2, 0.25) is 0 Å². The SMILES string of the molecule is CC1CC2CC1CC2C.O=S=O. The fraction of sp³-hybridized carbons (Fsp3) is 1.00. The number of hydrogen-bond acceptors (Lipinski definition) is 2. The maximum absolute atomic E-state index is 8.29. The fourth-order valence-corrected chi connectivity index (χ4v) is 2.85. The first-order valence-corrected chi connectivity index (χ1v) is 5.27. The van der Waals surface area contributed by atoms with Gasteiger partial charge in [-0.1, -0.05) is 13.8 Å². The van der Waals surface area contributed by atoms with Gasteiger partial charge < -0.3 is 0 Å². The molecule has 0 radical (unpaired) electrons. The molecule has 0 aliphatic heterocycles. The van der Waals surface area contributed by atoms with Gasteiger partial charge in [0.05, 0.1) is 0 Å². The third kappa shape index (κ3) is 1.94. The van der Waals surface area contributed by atoms with E-state index >= 15 is 0 Å². The lowest BCUT2D eigenvalue weighted by atomic mass is 9.84. The summed E-state index contributed by atoms with van der Waals surface area (Å²) in [4.78, 5) is 0. The molecule has 0 amide bonds. The highest BCUT2D eigenvalue weighted by Crippen LogP contribution is 2.51. The van der Waals surface area contributed by atoms with Crippen molar-refractivity contribution in [1.82, 2.24) is 0 Å². The van der Waals surface area contributed by atoms with Crippen molar-refractivity contribution in [3.05, 3.63) is 0 Å². The highest BCUT2D eigenvalue weighted by atomic mass is 32.1. The third-order valence-corrected chi connectivity index (χ3v) is 3.56. The van der Waals surface area contributed by atoms with E-state index in [1.807, 2.05) is 0 Å². The molecular formula is C9H16O2S. The summed E-state index contributed by atoms with van der Waals surface area (Å²) in [5.74, 6) is 4.35. The van der Waals surface area contributed by atoms with Crippen LogP contribution in [0.4, 0.5) is 0 Å². The lowest BCUT2D eigenvalue weighted by molar-refractivity contribution is 0.288. The Morgan fingerprint density at radius 2 is 1.25 bits per heavy atom. The van der Waals surface area contributed by atoms with Crippen LogP contribution in [-0.4, -0.2) is 8.42 Å². The summed E-state index contributed by atoms with van der Waals surface area (Å²) in [5, 5.41) is 0. The summed E-state index contributed by atoms with van der Waals surface area (Å²) >= 11 is -0.750. The van der Waals surface area contributed by atoms with Gasteiger partial charge in [-0.25, -0.2) is 0 Å². The van der Waals surface area contributed by atoms with Crippen LogP contribution in [0.1, 0.15) is 33.1 Å². The van der Waals surface area contributed by atoms with Crippen molar-refractivity contribution < 1.29 is 8.42 Å². The van der Waals surface area contributed by atoms with Gasteiger partial charge in [0.2, 0.25) is 0 Å². The smallest absolute Gasteiger partial charge is 0.168 e. The molecule has 2 fully saturated rings. The van der Waals surface area contributed by atoms with Crippen molar-refractivity contribution in [2.24, 2.45) is 23.7 Å². The van der Waals surface area contributed by atoms with Crippen LogP contribution in [0.5, 0.6) is 0 Å². The fourth-order valence-electron chi connectivity index (χ4n) is 2.85. The predicted molar refractivity (Wildman–Crippen MR) is 48.1 cm³/mol. The Morgan fingerprint density at radius 3 is 1.42 bits per heavy atom. The minimum absolute atomic E-state index is 0.750. The molecule has 3 heteroatoms. The van der Waals surface area contributed by atoms with Gasteiger partial charge in [0.1, 0.15) is 0 Å². The summed E-state index contributed by atoms with van der Waals surface area (Å²) in [6.07, 6.45) is 4.62. The van der Waals surface area contributed by atoms with E-state index in [0.29, 0.717) is 0 Å². The highest BCUT2D eigenvalue weighted by molar-refractivity contribution is 7.51. The molecule has 2 saturated carbocycles. The second kappa shape index (κ2) is 4.17. The van der Waals surface area contributed by atoms with E-state index < -0.39 is 11.6 Å². The molecule has 0 aromatic heterocycles. The molecule has 0 aromatic rings. The Hall–Kier alpha value is -0.180. The molecule has 2 aliphatic rings. The first-order valence-electron chi connectivity index (χ1n) is 4.60. The second-order valence-electron chi connectivity index (χ2n) is 4.25. The zero-order chi connectivity index (χ0) is 9.14. The van der Waals surface area contributed by atoms with Crippen molar-refractivity contribution >= 4 is 11.6 Å². The molecule has 0 heterocycles. The lowest BCUT2D eigenvalue weighted by Crippen LogP contribution is -2.12. The van der Waals surface area contributed by atoms with Crippen LogP contribution in [0.25, 0.3) is 0 Å². The Morgan fingerprint density at radius 1 is 0.917 bits per heavy atom. The van der Waals surface area contributed by atoms with Crippen LogP contribution >= 0.6 is 0 Å². The van der Waals surface area contributed by atoms with E-state index in [4.69, 9.17) is 8.42 Å². The van der Waals surface area contributed by atoms with E-state index in [-0.39, 0.29) is 0 Å².